The van der Waals surface area contributed by atoms with Crippen LogP contribution in [0.2, 0.25) is 0 Å². The first-order valence-electron chi connectivity index (χ1n) is 10.3. The van der Waals surface area contributed by atoms with Gasteiger partial charge in [0.1, 0.15) is 0 Å². The molecule has 2 atom stereocenters. The molecule has 8 heteroatoms. The van der Waals surface area contributed by atoms with Crippen molar-refractivity contribution in [2.45, 2.75) is 33.6 Å². The summed E-state index contributed by atoms with van der Waals surface area (Å²) in [6.45, 7) is 8.15. The Morgan fingerprint density at radius 2 is 1.97 bits per heavy atom. The van der Waals surface area contributed by atoms with Gasteiger partial charge in [0.2, 0.25) is 11.9 Å². The maximum absolute atomic E-state index is 11.9. The van der Waals surface area contributed by atoms with Crippen molar-refractivity contribution in [3.05, 3.63) is 35.8 Å². The van der Waals surface area contributed by atoms with Gasteiger partial charge in [-0.2, -0.15) is 0 Å². The van der Waals surface area contributed by atoms with E-state index in [2.05, 4.69) is 14.9 Å². The second-order valence-corrected chi connectivity index (χ2v) is 8.56. The average Bonchev–Trinajstić information content (AvgIpc) is 3.21. The maximum atomic E-state index is 11.9. The molecule has 0 aromatic carbocycles. The molecule has 8 nitrogen and oxygen atoms in total. The molecule has 2 aromatic heterocycles. The quantitative estimate of drug-likeness (QED) is 0.809. The standard InChI is InChI=1S/C22H27N5O3/c1-14-4-5-18(15(2)24-14)19-7-9-23-21(25-19)27-11-17-10-26(16(3)28)12-22(17,13-27)8-6-20(29)30/h4-5,7,9,17H,6,8,10-13H2,1-3H3,(H,29,30)/t17-,22+/m1/s1. The summed E-state index contributed by atoms with van der Waals surface area (Å²) in [7, 11) is 0. The van der Waals surface area contributed by atoms with E-state index in [4.69, 9.17) is 4.98 Å². The molecule has 0 spiro atoms. The molecule has 0 unspecified atom stereocenters. The van der Waals surface area contributed by atoms with Crippen LogP contribution in [-0.4, -0.2) is 63.0 Å². The highest BCUT2D eigenvalue weighted by Gasteiger charge is 2.53. The molecule has 30 heavy (non-hydrogen) atoms. The number of nitrogens with zero attached hydrogens (tertiary/aromatic N) is 5. The van der Waals surface area contributed by atoms with Crippen molar-refractivity contribution in [3.63, 3.8) is 0 Å². The largest absolute Gasteiger partial charge is 0.481 e. The van der Waals surface area contributed by atoms with E-state index in [0.29, 0.717) is 32.0 Å². The number of carbonyl (C=O) groups excluding carboxylic acids is 1. The van der Waals surface area contributed by atoms with Gasteiger partial charge in [-0.3, -0.25) is 14.6 Å². The average molecular weight is 409 g/mol. The number of amides is 1. The van der Waals surface area contributed by atoms with Crippen LogP contribution in [0.4, 0.5) is 5.95 Å². The lowest BCUT2D eigenvalue weighted by Gasteiger charge is -2.28. The number of hydrogen-bond acceptors (Lipinski definition) is 6. The number of rotatable bonds is 5. The fourth-order valence-corrected chi connectivity index (χ4v) is 4.89. The Morgan fingerprint density at radius 3 is 2.67 bits per heavy atom. The van der Waals surface area contributed by atoms with E-state index in [0.717, 1.165) is 29.2 Å². The molecule has 2 aliphatic heterocycles. The number of carbonyl (C=O) groups is 2. The summed E-state index contributed by atoms with van der Waals surface area (Å²) < 4.78 is 0. The molecule has 4 heterocycles. The molecule has 2 aromatic rings. The number of hydrogen-bond donors (Lipinski definition) is 1. The van der Waals surface area contributed by atoms with Crippen molar-refractivity contribution < 1.29 is 14.7 Å². The predicted molar refractivity (Wildman–Crippen MR) is 112 cm³/mol. The molecule has 158 valence electrons. The second-order valence-electron chi connectivity index (χ2n) is 8.56. The van der Waals surface area contributed by atoms with Gasteiger partial charge >= 0.3 is 5.97 Å². The van der Waals surface area contributed by atoms with Gasteiger partial charge in [-0.25, -0.2) is 9.97 Å². The first-order chi connectivity index (χ1) is 14.3. The zero-order valence-electron chi connectivity index (χ0n) is 17.6. The van der Waals surface area contributed by atoms with Crippen LogP contribution in [-0.2, 0) is 9.59 Å². The molecule has 0 bridgehead atoms. The third-order valence-electron chi connectivity index (χ3n) is 6.47. The highest BCUT2D eigenvalue weighted by molar-refractivity contribution is 5.74. The van der Waals surface area contributed by atoms with Crippen LogP contribution >= 0.6 is 0 Å². The number of likely N-dealkylation sites (tertiary alicyclic amines) is 1. The first kappa shape index (κ1) is 20.3. The normalized spacial score (nSPS) is 23.0. The van der Waals surface area contributed by atoms with Crippen LogP contribution in [0.3, 0.4) is 0 Å². The second kappa shape index (κ2) is 7.66. The number of aromatic nitrogens is 3. The summed E-state index contributed by atoms with van der Waals surface area (Å²) >= 11 is 0. The fraction of sp³-hybridized carbons (Fsp3) is 0.500. The summed E-state index contributed by atoms with van der Waals surface area (Å²) in [6, 6.07) is 5.89. The van der Waals surface area contributed by atoms with E-state index in [1.165, 1.54) is 0 Å². The Morgan fingerprint density at radius 1 is 1.17 bits per heavy atom. The lowest BCUT2D eigenvalue weighted by Crippen LogP contribution is -2.36. The molecular weight excluding hydrogens is 382 g/mol. The number of pyridine rings is 1. The third kappa shape index (κ3) is 3.74. The molecular formula is C22H27N5O3. The molecule has 2 saturated heterocycles. The number of carboxylic acids is 1. The van der Waals surface area contributed by atoms with Crippen LogP contribution in [0.5, 0.6) is 0 Å². The van der Waals surface area contributed by atoms with Gasteiger partial charge in [-0.1, -0.05) is 0 Å². The highest BCUT2D eigenvalue weighted by Crippen LogP contribution is 2.46. The SMILES string of the molecule is CC(=O)N1C[C@@H]2CN(c3nccc(-c4ccc(C)nc4C)n3)C[C@]2(CCC(=O)O)C1. The van der Waals surface area contributed by atoms with Gasteiger partial charge in [-0.05, 0) is 38.5 Å². The van der Waals surface area contributed by atoms with Gasteiger partial charge in [0.15, 0.2) is 0 Å². The van der Waals surface area contributed by atoms with Crippen molar-refractivity contribution in [1.82, 2.24) is 19.9 Å². The molecule has 0 saturated carbocycles. The number of aliphatic carboxylic acids is 1. The zero-order valence-corrected chi connectivity index (χ0v) is 17.6. The molecule has 0 aliphatic carbocycles. The van der Waals surface area contributed by atoms with E-state index in [-0.39, 0.29) is 23.7 Å². The Balaban J connectivity index is 1.60. The fourth-order valence-electron chi connectivity index (χ4n) is 4.89. The minimum Gasteiger partial charge on any atom is -0.481 e. The Labute approximate surface area is 176 Å². The van der Waals surface area contributed by atoms with E-state index in [1.54, 1.807) is 13.1 Å². The third-order valence-corrected chi connectivity index (χ3v) is 6.47. The summed E-state index contributed by atoms with van der Waals surface area (Å²) in [5, 5.41) is 9.23. The zero-order chi connectivity index (χ0) is 21.5. The minimum atomic E-state index is -0.802. The van der Waals surface area contributed by atoms with Crippen LogP contribution < -0.4 is 4.90 Å². The predicted octanol–water partition coefficient (Wildman–Crippen LogP) is 2.30. The number of anilines is 1. The van der Waals surface area contributed by atoms with Crippen LogP contribution in [0.25, 0.3) is 11.3 Å². The molecule has 2 fully saturated rings. The molecule has 0 radical (unpaired) electrons. The highest BCUT2D eigenvalue weighted by atomic mass is 16.4. The smallest absolute Gasteiger partial charge is 0.303 e. The minimum absolute atomic E-state index is 0.0474. The first-order valence-corrected chi connectivity index (χ1v) is 10.3. The number of fused-ring (bicyclic) bond motifs is 1. The summed E-state index contributed by atoms with van der Waals surface area (Å²) in [6.07, 6.45) is 2.41. The maximum Gasteiger partial charge on any atom is 0.303 e. The van der Waals surface area contributed by atoms with Crippen molar-refractivity contribution in [3.8, 4) is 11.3 Å². The van der Waals surface area contributed by atoms with E-state index < -0.39 is 5.97 Å². The topological polar surface area (TPSA) is 99.5 Å². The lowest BCUT2D eigenvalue weighted by atomic mass is 9.77. The van der Waals surface area contributed by atoms with Crippen LogP contribution in [0.1, 0.15) is 31.2 Å². The van der Waals surface area contributed by atoms with Crippen LogP contribution in [0, 0.1) is 25.2 Å². The van der Waals surface area contributed by atoms with Crippen molar-refractivity contribution in [2.24, 2.45) is 11.3 Å². The van der Waals surface area contributed by atoms with Gasteiger partial charge in [0.05, 0.1) is 5.69 Å². The molecule has 2 aliphatic rings. The Hall–Kier alpha value is -3.03. The lowest BCUT2D eigenvalue weighted by molar-refractivity contribution is -0.137. The molecule has 1 amide bonds. The molecule has 1 N–H and O–H groups in total. The summed E-state index contributed by atoms with van der Waals surface area (Å²) in [5.74, 6) is 0.108. The summed E-state index contributed by atoms with van der Waals surface area (Å²) in [5.41, 5.74) is 3.46. The Kier molecular flexibility index (Phi) is 5.17. The molecule has 4 rings (SSSR count). The number of carboxylic acid groups (broad SMARTS) is 1. The van der Waals surface area contributed by atoms with Gasteiger partial charge in [0.25, 0.3) is 0 Å². The summed E-state index contributed by atoms with van der Waals surface area (Å²) in [4.78, 5) is 41.0. The van der Waals surface area contributed by atoms with Gasteiger partial charge in [-0.15, -0.1) is 0 Å². The van der Waals surface area contributed by atoms with E-state index >= 15 is 0 Å². The van der Waals surface area contributed by atoms with Gasteiger partial charge in [0, 0.05) is 74.0 Å². The van der Waals surface area contributed by atoms with Crippen molar-refractivity contribution >= 4 is 17.8 Å². The van der Waals surface area contributed by atoms with Crippen molar-refractivity contribution in [1.29, 1.82) is 0 Å². The number of aryl methyl sites for hydroxylation is 2. The van der Waals surface area contributed by atoms with E-state index in [1.807, 2.05) is 36.9 Å². The Bertz CT molecular complexity index is 994. The van der Waals surface area contributed by atoms with E-state index in [9.17, 15) is 14.7 Å². The van der Waals surface area contributed by atoms with Gasteiger partial charge < -0.3 is 14.9 Å². The van der Waals surface area contributed by atoms with Crippen molar-refractivity contribution in [2.75, 3.05) is 31.1 Å². The monoisotopic (exact) mass is 409 g/mol. The van der Waals surface area contributed by atoms with Crippen LogP contribution in [0.15, 0.2) is 24.4 Å².